The Morgan fingerprint density at radius 2 is 2.32 bits per heavy atom. The van der Waals surface area contributed by atoms with Crippen LogP contribution < -0.4 is 10.6 Å². The Bertz CT molecular complexity index is 423. The lowest BCUT2D eigenvalue weighted by Crippen LogP contribution is -2.25. The van der Waals surface area contributed by atoms with E-state index < -0.39 is 0 Å². The van der Waals surface area contributed by atoms with E-state index in [1.807, 2.05) is 18.7 Å². The maximum absolute atomic E-state index is 9.73. The zero-order valence-electron chi connectivity index (χ0n) is 11.8. The Kier molecular flexibility index (Phi) is 5.13. The Hall–Kier alpha value is -0.710. The summed E-state index contributed by atoms with van der Waals surface area (Å²) in [6.45, 7) is 6.58. The molecule has 19 heavy (non-hydrogen) atoms. The molecule has 0 radical (unpaired) electrons. The minimum atomic E-state index is -0.223. The van der Waals surface area contributed by atoms with Crippen LogP contribution in [0, 0.1) is 5.92 Å². The molecule has 106 valence electrons. The summed E-state index contributed by atoms with van der Waals surface area (Å²) in [5.74, 6) is 1.44. The summed E-state index contributed by atoms with van der Waals surface area (Å²) in [6, 6.07) is 6.43. The lowest BCUT2D eigenvalue weighted by molar-refractivity contribution is 0.136. The fraction of sp³-hybridized carbons (Fsp3) is 0.600. The SMILES string of the molecule is CCSc1cccc(N2CCC(C(C)O)C2)c1CN. The summed E-state index contributed by atoms with van der Waals surface area (Å²) in [5, 5.41) is 9.73. The molecule has 2 rings (SSSR count). The highest BCUT2D eigenvalue weighted by atomic mass is 32.2. The van der Waals surface area contributed by atoms with Gasteiger partial charge in [0.2, 0.25) is 0 Å². The number of nitrogens with two attached hydrogens (primary N) is 1. The zero-order chi connectivity index (χ0) is 13.8. The average Bonchev–Trinajstić information content (AvgIpc) is 2.88. The van der Waals surface area contributed by atoms with E-state index in [2.05, 4.69) is 30.0 Å². The minimum Gasteiger partial charge on any atom is -0.393 e. The highest BCUT2D eigenvalue weighted by Gasteiger charge is 2.27. The van der Waals surface area contributed by atoms with Crippen LogP contribution in [0.15, 0.2) is 23.1 Å². The summed E-state index contributed by atoms with van der Waals surface area (Å²) in [5.41, 5.74) is 8.46. The van der Waals surface area contributed by atoms with Gasteiger partial charge in [-0.05, 0) is 31.2 Å². The van der Waals surface area contributed by atoms with Crippen molar-refractivity contribution in [2.75, 3.05) is 23.7 Å². The first kappa shape index (κ1) is 14.7. The van der Waals surface area contributed by atoms with Gasteiger partial charge in [-0.25, -0.2) is 0 Å². The van der Waals surface area contributed by atoms with Crippen LogP contribution in [0.4, 0.5) is 5.69 Å². The van der Waals surface area contributed by atoms with Crippen molar-refractivity contribution in [1.82, 2.24) is 0 Å². The summed E-state index contributed by atoms with van der Waals surface area (Å²) in [7, 11) is 0. The second-order valence-electron chi connectivity index (χ2n) is 5.13. The number of hydrogen-bond donors (Lipinski definition) is 2. The first-order valence-corrected chi connectivity index (χ1v) is 8.03. The molecule has 1 fully saturated rings. The van der Waals surface area contributed by atoms with E-state index in [-0.39, 0.29) is 6.10 Å². The van der Waals surface area contributed by atoms with Crippen LogP contribution >= 0.6 is 11.8 Å². The smallest absolute Gasteiger partial charge is 0.0557 e. The molecule has 3 nitrogen and oxygen atoms in total. The molecule has 0 aromatic heterocycles. The highest BCUT2D eigenvalue weighted by Crippen LogP contribution is 2.33. The lowest BCUT2D eigenvalue weighted by atomic mass is 10.0. The third kappa shape index (κ3) is 3.25. The summed E-state index contributed by atoms with van der Waals surface area (Å²) >= 11 is 1.85. The van der Waals surface area contributed by atoms with Gasteiger partial charge in [-0.3, -0.25) is 0 Å². The summed E-state index contributed by atoms with van der Waals surface area (Å²) in [6.07, 6.45) is 0.840. The Morgan fingerprint density at radius 1 is 1.53 bits per heavy atom. The molecule has 0 spiro atoms. The fourth-order valence-electron chi connectivity index (χ4n) is 2.75. The maximum Gasteiger partial charge on any atom is 0.0557 e. The third-order valence-corrected chi connectivity index (χ3v) is 4.84. The second-order valence-corrected chi connectivity index (χ2v) is 6.43. The Labute approximate surface area is 120 Å². The van der Waals surface area contributed by atoms with E-state index >= 15 is 0 Å². The van der Waals surface area contributed by atoms with Gasteiger partial charge in [0.25, 0.3) is 0 Å². The largest absolute Gasteiger partial charge is 0.393 e. The van der Waals surface area contributed by atoms with Crippen molar-refractivity contribution in [3.8, 4) is 0 Å². The second kappa shape index (κ2) is 6.64. The van der Waals surface area contributed by atoms with Gasteiger partial charge in [0, 0.05) is 41.7 Å². The molecule has 2 unspecified atom stereocenters. The molecule has 1 aliphatic heterocycles. The van der Waals surface area contributed by atoms with Crippen molar-refractivity contribution in [3.63, 3.8) is 0 Å². The number of aliphatic hydroxyl groups is 1. The maximum atomic E-state index is 9.73. The van der Waals surface area contributed by atoms with Crippen LogP contribution in [-0.4, -0.2) is 30.1 Å². The van der Waals surface area contributed by atoms with E-state index in [0.29, 0.717) is 12.5 Å². The molecule has 2 atom stereocenters. The molecule has 1 heterocycles. The van der Waals surface area contributed by atoms with E-state index in [0.717, 1.165) is 25.3 Å². The standard InChI is InChI=1S/C15H24N2OS/c1-3-19-15-6-4-5-14(13(15)9-16)17-8-7-12(10-17)11(2)18/h4-6,11-12,18H,3,7-10,16H2,1-2H3. The molecule has 1 aromatic carbocycles. The number of benzene rings is 1. The van der Waals surface area contributed by atoms with Crippen LogP contribution in [0.1, 0.15) is 25.8 Å². The van der Waals surface area contributed by atoms with Crippen LogP contribution in [0.3, 0.4) is 0 Å². The molecular weight excluding hydrogens is 256 g/mol. The molecule has 0 amide bonds. The van der Waals surface area contributed by atoms with Gasteiger partial charge < -0.3 is 15.7 Å². The summed E-state index contributed by atoms with van der Waals surface area (Å²) in [4.78, 5) is 3.67. The molecule has 4 heteroatoms. The van der Waals surface area contributed by atoms with Gasteiger partial charge in [-0.2, -0.15) is 0 Å². The molecular formula is C15H24N2OS. The van der Waals surface area contributed by atoms with Crippen LogP contribution in [0.25, 0.3) is 0 Å². The number of rotatable bonds is 5. The third-order valence-electron chi connectivity index (χ3n) is 3.86. The van der Waals surface area contributed by atoms with Gasteiger partial charge >= 0.3 is 0 Å². The molecule has 0 saturated carbocycles. The van der Waals surface area contributed by atoms with Gasteiger partial charge in [0.1, 0.15) is 0 Å². The van der Waals surface area contributed by atoms with Crippen molar-refractivity contribution >= 4 is 17.4 Å². The normalized spacial score (nSPS) is 20.8. The number of nitrogens with zero attached hydrogens (tertiary/aromatic N) is 1. The number of hydrogen-bond acceptors (Lipinski definition) is 4. The summed E-state index contributed by atoms with van der Waals surface area (Å²) < 4.78 is 0. The van der Waals surface area contributed by atoms with Gasteiger partial charge in [0.05, 0.1) is 6.10 Å². The van der Waals surface area contributed by atoms with E-state index in [4.69, 9.17) is 5.73 Å². The quantitative estimate of drug-likeness (QED) is 0.814. The molecule has 1 saturated heterocycles. The first-order chi connectivity index (χ1) is 9.17. The lowest BCUT2D eigenvalue weighted by Gasteiger charge is -2.24. The minimum absolute atomic E-state index is 0.223. The average molecular weight is 280 g/mol. The molecule has 1 aliphatic rings. The predicted molar refractivity (Wildman–Crippen MR) is 82.7 cm³/mol. The Morgan fingerprint density at radius 3 is 2.89 bits per heavy atom. The number of thioether (sulfide) groups is 1. The monoisotopic (exact) mass is 280 g/mol. The number of aliphatic hydroxyl groups excluding tert-OH is 1. The van der Waals surface area contributed by atoms with Crippen molar-refractivity contribution in [2.45, 2.75) is 37.8 Å². The molecule has 0 bridgehead atoms. The molecule has 1 aromatic rings. The van der Waals surface area contributed by atoms with E-state index in [1.165, 1.54) is 16.1 Å². The van der Waals surface area contributed by atoms with Gasteiger partial charge in [0.15, 0.2) is 0 Å². The first-order valence-electron chi connectivity index (χ1n) is 7.05. The zero-order valence-corrected chi connectivity index (χ0v) is 12.6. The molecule has 3 N–H and O–H groups in total. The molecule has 0 aliphatic carbocycles. The van der Waals surface area contributed by atoms with Crippen LogP contribution in [-0.2, 0) is 6.54 Å². The highest BCUT2D eigenvalue weighted by molar-refractivity contribution is 7.99. The van der Waals surface area contributed by atoms with Crippen molar-refractivity contribution in [3.05, 3.63) is 23.8 Å². The Balaban J connectivity index is 2.23. The van der Waals surface area contributed by atoms with E-state index in [9.17, 15) is 5.11 Å². The fourth-order valence-corrected chi connectivity index (χ4v) is 3.59. The van der Waals surface area contributed by atoms with Crippen molar-refractivity contribution in [1.29, 1.82) is 0 Å². The van der Waals surface area contributed by atoms with Crippen LogP contribution in [0.5, 0.6) is 0 Å². The number of anilines is 1. The van der Waals surface area contributed by atoms with Gasteiger partial charge in [-0.1, -0.05) is 13.0 Å². The topological polar surface area (TPSA) is 49.5 Å². The van der Waals surface area contributed by atoms with Crippen LogP contribution in [0.2, 0.25) is 0 Å². The van der Waals surface area contributed by atoms with Gasteiger partial charge in [-0.15, -0.1) is 11.8 Å². The van der Waals surface area contributed by atoms with Crippen molar-refractivity contribution in [2.24, 2.45) is 11.7 Å². The van der Waals surface area contributed by atoms with Crippen molar-refractivity contribution < 1.29 is 5.11 Å². The van der Waals surface area contributed by atoms with E-state index in [1.54, 1.807) is 0 Å². The predicted octanol–water partition coefficient (Wildman–Crippen LogP) is 2.46.